The summed E-state index contributed by atoms with van der Waals surface area (Å²) in [6.07, 6.45) is 4.35. The van der Waals surface area contributed by atoms with Crippen LogP contribution in [0.15, 0.2) is 36.4 Å². The highest BCUT2D eigenvalue weighted by Crippen LogP contribution is 2.33. The molecule has 0 unspecified atom stereocenters. The fourth-order valence-electron chi connectivity index (χ4n) is 3.59. The van der Waals surface area contributed by atoms with Crippen LogP contribution in [0.2, 0.25) is 0 Å². The van der Waals surface area contributed by atoms with Crippen LogP contribution in [0.1, 0.15) is 31.2 Å². The van der Waals surface area contributed by atoms with Crippen molar-refractivity contribution in [1.29, 1.82) is 0 Å². The molecule has 0 saturated carbocycles. The topological polar surface area (TPSA) is 50.8 Å². The number of carbonyl (C=O) groups excluding carboxylic acids is 1. The Morgan fingerprint density at radius 3 is 2.70 bits per heavy atom. The molecule has 1 N–H and O–H groups in total. The number of anilines is 2. The van der Waals surface area contributed by atoms with Gasteiger partial charge in [-0.3, -0.25) is 4.79 Å². The van der Waals surface area contributed by atoms with Gasteiger partial charge in [0, 0.05) is 19.5 Å². The molecule has 6 heteroatoms. The molecule has 27 heavy (non-hydrogen) atoms. The molecule has 0 aliphatic carbocycles. The number of hydrogen-bond donors (Lipinski definition) is 1. The third-order valence-electron chi connectivity index (χ3n) is 5.01. The summed E-state index contributed by atoms with van der Waals surface area (Å²) >= 11 is 0. The van der Waals surface area contributed by atoms with Crippen molar-refractivity contribution in [1.82, 2.24) is 0 Å². The van der Waals surface area contributed by atoms with Crippen molar-refractivity contribution in [2.24, 2.45) is 0 Å². The number of ether oxygens (including phenoxy) is 2. The van der Waals surface area contributed by atoms with Crippen LogP contribution in [0.3, 0.4) is 0 Å². The van der Waals surface area contributed by atoms with Crippen molar-refractivity contribution in [3.8, 4) is 11.5 Å². The van der Waals surface area contributed by atoms with E-state index in [1.54, 1.807) is 6.07 Å². The van der Waals surface area contributed by atoms with Crippen LogP contribution in [0, 0.1) is 5.82 Å². The first-order chi connectivity index (χ1) is 13.2. The Morgan fingerprint density at radius 1 is 1.04 bits per heavy atom. The number of carbonyl (C=O) groups is 1. The second-order valence-electron chi connectivity index (χ2n) is 6.94. The van der Waals surface area contributed by atoms with Gasteiger partial charge in [-0.2, -0.15) is 0 Å². The van der Waals surface area contributed by atoms with Crippen LogP contribution in [0.4, 0.5) is 15.8 Å². The number of nitrogens with one attached hydrogen (secondary N) is 1. The summed E-state index contributed by atoms with van der Waals surface area (Å²) < 4.78 is 24.4. The Kier molecular flexibility index (Phi) is 5.14. The van der Waals surface area contributed by atoms with Crippen molar-refractivity contribution in [2.45, 2.75) is 32.1 Å². The lowest BCUT2D eigenvalue weighted by molar-refractivity contribution is -0.116. The first-order valence-electron chi connectivity index (χ1n) is 9.42. The van der Waals surface area contributed by atoms with E-state index in [0.717, 1.165) is 42.9 Å². The molecule has 2 aromatic carbocycles. The second-order valence-corrected chi connectivity index (χ2v) is 6.94. The minimum atomic E-state index is -0.346. The largest absolute Gasteiger partial charge is 0.454 e. The number of hydrogen-bond acceptors (Lipinski definition) is 4. The van der Waals surface area contributed by atoms with E-state index >= 15 is 0 Å². The van der Waals surface area contributed by atoms with Crippen molar-refractivity contribution in [2.75, 3.05) is 30.1 Å². The molecule has 2 heterocycles. The monoisotopic (exact) mass is 370 g/mol. The summed E-state index contributed by atoms with van der Waals surface area (Å²) in [4.78, 5) is 14.7. The Balaban J connectivity index is 1.41. The highest BCUT2D eigenvalue weighted by Gasteiger charge is 2.17. The molecular weight excluding hydrogens is 347 g/mol. The van der Waals surface area contributed by atoms with Crippen LogP contribution in [0.25, 0.3) is 0 Å². The van der Waals surface area contributed by atoms with Gasteiger partial charge in [0.05, 0.1) is 11.4 Å². The number of benzene rings is 2. The molecule has 142 valence electrons. The lowest BCUT2D eigenvalue weighted by Crippen LogP contribution is -2.30. The number of rotatable bonds is 5. The first-order valence-corrected chi connectivity index (χ1v) is 9.42. The maximum absolute atomic E-state index is 13.7. The number of piperidine rings is 1. The number of halogens is 1. The van der Waals surface area contributed by atoms with Gasteiger partial charge < -0.3 is 19.7 Å². The molecule has 1 amide bonds. The average Bonchev–Trinajstić information content (AvgIpc) is 3.15. The Morgan fingerprint density at radius 2 is 1.85 bits per heavy atom. The quantitative estimate of drug-likeness (QED) is 0.860. The number of nitrogens with zero attached hydrogens (tertiary/aromatic N) is 1. The van der Waals surface area contributed by atoms with Gasteiger partial charge in [0.1, 0.15) is 5.82 Å². The summed E-state index contributed by atoms with van der Waals surface area (Å²) in [5.74, 6) is 0.970. The molecule has 5 nitrogen and oxygen atoms in total. The minimum absolute atomic E-state index is 0.128. The predicted molar refractivity (Wildman–Crippen MR) is 102 cm³/mol. The molecule has 1 fully saturated rings. The van der Waals surface area contributed by atoms with Gasteiger partial charge in [0.15, 0.2) is 11.5 Å². The van der Waals surface area contributed by atoms with Gasteiger partial charge in [0.2, 0.25) is 12.7 Å². The number of aryl methyl sites for hydroxylation is 1. The standard InChI is InChI=1S/C21H23FN2O3/c22-16-6-7-18(24-10-2-1-3-11-24)17(13-16)23-21(25)9-5-15-4-8-19-20(12-15)27-14-26-19/h4,6-8,12-13H,1-3,5,9-11,14H2,(H,23,25). The zero-order chi connectivity index (χ0) is 18.6. The molecule has 2 aromatic rings. The molecule has 0 radical (unpaired) electrons. The third kappa shape index (κ3) is 4.15. The third-order valence-corrected chi connectivity index (χ3v) is 5.01. The first kappa shape index (κ1) is 17.6. The van der Waals surface area contributed by atoms with Gasteiger partial charge in [-0.1, -0.05) is 6.07 Å². The maximum Gasteiger partial charge on any atom is 0.231 e. The van der Waals surface area contributed by atoms with E-state index in [0.29, 0.717) is 24.3 Å². The lowest BCUT2D eigenvalue weighted by Gasteiger charge is -2.30. The smallest absolute Gasteiger partial charge is 0.231 e. The minimum Gasteiger partial charge on any atom is -0.454 e. The zero-order valence-electron chi connectivity index (χ0n) is 15.2. The number of amides is 1. The van der Waals surface area contributed by atoms with E-state index in [1.165, 1.54) is 18.6 Å². The molecular formula is C21H23FN2O3. The van der Waals surface area contributed by atoms with Crippen molar-refractivity contribution in [3.05, 3.63) is 47.8 Å². The normalized spacial score (nSPS) is 15.7. The van der Waals surface area contributed by atoms with Crippen LogP contribution in [-0.4, -0.2) is 25.8 Å². The molecule has 1 saturated heterocycles. The Hall–Kier alpha value is -2.76. The average molecular weight is 370 g/mol. The molecule has 4 rings (SSSR count). The van der Waals surface area contributed by atoms with E-state index < -0.39 is 0 Å². The summed E-state index contributed by atoms with van der Waals surface area (Å²) in [5, 5.41) is 2.89. The number of fused-ring (bicyclic) bond motifs is 1. The molecule has 0 bridgehead atoms. The van der Waals surface area contributed by atoms with Crippen molar-refractivity contribution in [3.63, 3.8) is 0 Å². The fourth-order valence-corrected chi connectivity index (χ4v) is 3.59. The molecule has 0 aromatic heterocycles. The van der Waals surface area contributed by atoms with Crippen LogP contribution in [-0.2, 0) is 11.2 Å². The van der Waals surface area contributed by atoms with E-state index in [1.807, 2.05) is 18.2 Å². The lowest BCUT2D eigenvalue weighted by atomic mass is 10.1. The van der Waals surface area contributed by atoms with Gasteiger partial charge in [-0.05, 0) is 61.6 Å². The molecule has 2 aliphatic rings. The maximum atomic E-state index is 13.7. The van der Waals surface area contributed by atoms with Crippen LogP contribution >= 0.6 is 0 Å². The predicted octanol–water partition coefficient (Wildman–Crippen LogP) is 4.12. The van der Waals surface area contributed by atoms with E-state index in [4.69, 9.17) is 9.47 Å². The Labute approximate surface area is 158 Å². The van der Waals surface area contributed by atoms with E-state index in [2.05, 4.69) is 10.2 Å². The summed E-state index contributed by atoms with van der Waals surface area (Å²) in [6, 6.07) is 10.3. The summed E-state index contributed by atoms with van der Waals surface area (Å²) in [5.41, 5.74) is 2.45. The van der Waals surface area contributed by atoms with Gasteiger partial charge >= 0.3 is 0 Å². The van der Waals surface area contributed by atoms with Crippen LogP contribution in [0.5, 0.6) is 11.5 Å². The fraction of sp³-hybridized carbons (Fsp3) is 0.381. The Bertz CT molecular complexity index is 834. The van der Waals surface area contributed by atoms with Gasteiger partial charge in [0.25, 0.3) is 0 Å². The summed E-state index contributed by atoms with van der Waals surface area (Å²) in [6.45, 7) is 2.11. The van der Waals surface area contributed by atoms with E-state index in [9.17, 15) is 9.18 Å². The van der Waals surface area contributed by atoms with Crippen molar-refractivity contribution < 1.29 is 18.7 Å². The SMILES string of the molecule is O=C(CCc1ccc2c(c1)OCO2)Nc1cc(F)ccc1N1CCCCC1. The zero-order valence-corrected chi connectivity index (χ0v) is 15.2. The van der Waals surface area contributed by atoms with E-state index in [-0.39, 0.29) is 18.5 Å². The molecule has 0 atom stereocenters. The second kappa shape index (κ2) is 7.86. The van der Waals surface area contributed by atoms with Gasteiger partial charge in [-0.15, -0.1) is 0 Å². The summed E-state index contributed by atoms with van der Waals surface area (Å²) in [7, 11) is 0. The molecule has 0 spiro atoms. The highest BCUT2D eigenvalue weighted by atomic mass is 19.1. The highest BCUT2D eigenvalue weighted by molar-refractivity contribution is 5.94. The van der Waals surface area contributed by atoms with Crippen LogP contribution < -0.4 is 19.7 Å². The molecule has 2 aliphatic heterocycles. The van der Waals surface area contributed by atoms with Gasteiger partial charge in [-0.25, -0.2) is 4.39 Å². The van der Waals surface area contributed by atoms with Crippen molar-refractivity contribution >= 4 is 17.3 Å².